The maximum Gasteiger partial charge on any atom is 0.290 e. The molecular formula is C26H32FN5O3. The molecule has 0 radical (unpaired) electrons. The molecule has 0 bridgehead atoms. The Morgan fingerprint density at radius 3 is 2.46 bits per heavy atom. The average Bonchev–Trinajstić information content (AvgIpc) is 3.23. The van der Waals surface area contributed by atoms with Gasteiger partial charge >= 0.3 is 0 Å². The van der Waals surface area contributed by atoms with Gasteiger partial charge in [-0.3, -0.25) is 19.3 Å². The number of halogens is 1. The Kier molecular flexibility index (Phi) is 6.89. The van der Waals surface area contributed by atoms with Crippen molar-refractivity contribution >= 4 is 23.4 Å². The van der Waals surface area contributed by atoms with Gasteiger partial charge in [0.2, 0.25) is 5.78 Å². The van der Waals surface area contributed by atoms with E-state index >= 15 is 0 Å². The summed E-state index contributed by atoms with van der Waals surface area (Å²) in [6.45, 7) is 8.07. The first-order valence-electron chi connectivity index (χ1n) is 11.9. The highest BCUT2D eigenvalue weighted by atomic mass is 19.1. The fourth-order valence-corrected chi connectivity index (χ4v) is 4.84. The number of benzene rings is 1. The Bertz CT molecular complexity index is 1150. The number of carbonyl (C=O) groups is 3. The normalized spacial score (nSPS) is 21.9. The van der Waals surface area contributed by atoms with Crippen LogP contribution in [-0.4, -0.2) is 83.1 Å². The topological polar surface area (TPSA) is 85.9 Å². The number of aryl methyl sites for hydroxylation is 1. The molecular weight excluding hydrogens is 449 g/mol. The van der Waals surface area contributed by atoms with E-state index in [4.69, 9.17) is 0 Å². The second-order valence-corrected chi connectivity index (χ2v) is 9.77. The van der Waals surface area contributed by atoms with E-state index < -0.39 is 17.6 Å². The molecule has 0 spiro atoms. The van der Waals surface area contributed by atoms with E-state index in [9.17, 15) is 18.8 Å². The first-order valence-corrected chi connectivity index (χ1v) is 11.9. The third-order valence-electron chi connectivity index (χ3n) is 6.93. The number of fused-ring (bicyclic) bond motifs is 1. The highest BCUT2D eigenvalue weighted by molar-refractivity contribution is 6.38. The minimum absolute atomic E-state index is 0.0438. The number of nitrogens with zero attached hydrogens (tertiary/aromatic N) is 4. The molecule has 8 nitrogen and oxygen atoms in total. The average molecular weight is 482 g/mol. The minimum Gasteiger partial charge on any atom is -0.369 e. The van der Waals surface area contributed by atoms with Crippen molar-refractivity contribution in [3.05, 3.63) is 58.5 Å². The molecule has 35 heavy (non-hydrogen) atoms. The number of amides is 2. The Balaban J connectivity index is 1.52. The zero-order valence-corrected chi connectivity index (χ0v) is 20.8. The molecule has 1 fully saturated rings. The van der Waals surface area contributed by atoms with Crippen molar-refractivity contribution in [3.8, 4) is 0 Å². The molecule has 1 aromatic heterocycles. The number of hydrogen-bond acceptors (Lipinski definition) is 6. The van der Waals surface area contributed by atoms with Gasteiger partial charge in [0.1, 0.15) is 11.6 Å². The number of aromatic nitrogens is 1. The van der Waals surface area contributed by atoms with E-state index in [2.05, 4.69) is 22.1 Å². The van der Waals surface area contributed by atoms with Crippen LogP contribution in [0, 0.1) is 12.7 Å². The highest BCUT2D eigenvalue weighted by Gasteiger charge is 2.37. The molecule has 1 aromatic carbocycles. The Morgan fingerprint density at radius 2 is 1.80 bits per heavy atom. The molecule has 1 saturated heterocycles. The first kappa shape index (κ1) is 24.8. The smallest absolute Gasteiger partial charge is 0.290 e. The second kappa shape index (κ2) is 9.73. The van der Waals surface area contributed by atoms with Gasteiger partial charge in [-0.25, -0.2) is 9.37 Å². The maximum absolute atomic E-state index is 13.6. The summed E-state index contributed by atoms with van der Waals surface area (Å²) < 4.78 is 13.3. The number of nitrogens with one attached hydrogen (secondary N) is 1. The number of carbonyl (C=O) groups excluding carboxylic acids is 3. The fourth-order valence-electron chi connectivity index (χ4n) is 4.84. The number of piperazine rings is 1. The lowest BCUT2D eigenvalue weighted by Crippen LogP contribution is -2.57. The number of pyridine rings is 1. The monoisotopic (exact) mass is 481 g/mol. The molecule has 2 aliphatic rings. The zero-order chi connectivity index (χ0) is 25.4. The molecule has 0 aliphatic carbocycles. The number of Topliss-reactive ketones (excluding diaryl/α,β-unsaturated/α-hetero) is 1. The summed E-state index contributed by atoms with van der Waals surface area (Å²) in [4.78, 5) is 48.6. The van der Waals surface area contributed by atoms with Crippen molar-refractivity contribution in [1.82, 2.24) is 19.7 Å². The van der Waals surface area contributed by atoms with Crippen molar-refractivity contribution in [2.75, 3.05) is 39.0 Å². The molecule has 1 unspecified atom stereocenters. The van der Waals surface area contributed by atoms with Crippen LogP contribution in [0.5, 0.6) is 0 Å². The van der Waals surface area contributed by atoms with Crippen LogP contribution in [0.3, 0.4) is 0 Å². The van der Waals surface area contributed by atoms with Crippen molar-refractivity contribution in [3.63, 3.8) is 0 Å². The Labute approximate surface area is 205 Å². The first-order chi connectivity index (χ1) is 16.6. The summed E-state index contributed by atoms with van der Waals surface area (Å²) in [7, 11) is 3.09. The molecule has 2 aromatic rings. The van der Waals surface area contributed by atoms with E-state index in [1.807, 2.05) is 11.8 Å². The van der Waals surface area contributed by atoms with Gasteiger partial charge in [0.15, 0.2) is 0 Å². The van der Waals surface area contributed by atoms with Crippen molar-refractivity contribution in [2.24, 2.45) is 0 Å². The standard InChI is InChI=1S/C26H32FN5O3/c1-15-13-32(16(2)12-31(15)14-18-6-8-19(27)9-7-18)25(34)20-10-21-22(23(33)26(35)30(4)5)11-28-24(21)29-17(20)3/h6-10,15-16,22H,11-14H2,1-5H3,(H,28,29)/t15-,16+,22?/m0/s1. The Hall–Kier alpha value is -3.33. The van der Waals surface area contributed by atoms with E-state index in [0.717, 1.165) is 5.56 Å². The molecule has 2 aliphatic heterocycles. The summed E-state index contributed by atoms with van der Waals surface area (Å²) >= 11 is 0. The predicted molar refractivity (Wildman–Crippen MR) is 131 cm³/mol. The van der Waals surface area contributed by atoms with Crippen LogP contribution >= 0.6 is 0 Å². The summed E-state index contributed by atoms with van der Waals surface area (Å²) in [5, 5.41) is 3.10. The van der Waals surface area contributed by atoms with Crippen LogP contribution in [0.4, 0.5) is 10.2 Å². The van der Waals surface area contributed by atoms with Crippen LogP contribution in [0.25, 0.3) is 0 Å². The van der Waals surface area contributed by atoms with Crippen molar-refractivity contribution in [1.29, 1.82) is 0 Å². The molecule has 1 N–H and O–H groups in total. The summed E-state index contributed by atoms with van der Waals surface area (Å²) in [6, 6.07) is 8.30. The lowest BCUT2D eigenvalue weighted by Gasteiger charge is -2.44. The Morgan fingerprint density at radius 1 is 1.11 bits per heavy atom. The molecule has 186 valence electrons. The van der Waals surface area contributed by atoms with Crippen molar-refractivity contribution in [2.45, 2.75) is 45.3 Å². The zero-order valence-electron chi connectivity index (χ0n) is 20.8. The van der Waals surface area contributed by atoms with E-state index in [1.165, 1.54) is 17.0 Å². The van der Waals surface area contributed by atoms with Gasteiger partial charge < -0.3 is 15.1 Å². The van der Waals surface area contributed by atoms with Crippen LogP contribution < -0.4 is 5.32 Å². The third kappa shape index (κ3) is 4.91. The summed E-state index contributed by atoms with van der Waals surface area (Å²) in [6.07, 6.45) is 0. The van der Waals surface area contributed by atoms with Gasteiger partial charge in [0, 0.05) is 57.9 Å². The van der Waals surface area contributed by atoms with E-state index in [-0.39, 0.29) is 30.4 Å². The lowest BCUT2D eigenvalue weighted by atomic mass is 9.95. The highest BCUT2D eigenvalue weighted by Crippen LogP contribution is 2.33. The van der Waals surface area contributed by atoms with E-state index in [1.54, 1.807) is 39.2 Å². The fraction of sp³-hybridized carbons (Fsp3) is 0.462. The van der Waals surface area contributed by atoms with Crippen LogP contribution in [0.1, 0.15) is 46.9 Å². The number of hydrogen-bond donors (Lipinski definition) is 1. The van der Waals surface area contributed by atoms with Crippen molar-refractivity contribution < 1.29 is 18.8 Å². The summed E-state index contributed by atoms with van der Waals surface area (Å²) in [5.74, 6) is -1.58. The predicted octanol–water partition coefficient (Wildman–Crippen LogP) is 2.43. The number of likely N-dealkylation sites (N-methyl/N-ethyl adjacent to an activating group) is 1. The SMILES string of the molecule is Cc1nc2c(cc1C(=O)N1C[C@H](C)N(Cc3ccc(F)cc3)C[C@H]1C)C(C(=O)C(=O)N(C)C)CN2. The van der Waals surface area contributed by atoms with Crippen LogP contribution in [-0.2, 0) is 16.1 Å². The van der Waals surface area contributed by atoms with Gasteiger partial charge in [0.25, 0.3) is 11.8 Å². The van der Waals surface area contributed by atoms with Crippen LogP contribution in [0.15, 0.2) is 30.3 Å². The largest absolute Gasteiger partial charge is 0.369 e. The number of rotatable bonds is 5. The number of anilines is 1. The molecule has 2 amide bonds. The van der Waals surface area contributed by atoms with Gasteiger partial charge in [-0.05, 0) is 44.5 Å². The number of ketones is 1. The minimum atomic E-state index is -0.663. The van der Waals surface area contributed by atoms with Gasteiger partial charge in [-0.15, -0.1) is 0 Å². The van der Waals surface area contributed by atoms with E-state index in [0.29, 0.717) is 42.3 Å². The van der Waals surface area contributed by atoms with Gasteiger partial charge in [-0.2, -0.15) is 0 Å². The second-order valence-electron chi connectivity index (χ2n) is 9.77. The summed E-state index contributed by atoms with van der Waals surface area (Å²) in [5.41, 5.74) is 2.66. The van der Waals surface area contributed by atoms with Gasteiger partial charge in [-0.1, -0.05) is 12.1 Å². The molecule has 3 heterocycles. The molecule has 4 rings (SSSR count). The lowest BCUT2D eigenvalue weighted by molar-refractivity contribution is -0.143. The van der Waals surface area contributed by atoms with Gasteiger partial charge in [0.05, 0.1) is 17.2 Å². The third-order valence-corrected chi connectivity index (χ3v) is 6.93. The quantitative estimate of drug-likeness (QED) is 0.661. The van der Waals surface area contributed by atoms with Crippen LogP contribution in [0.2, 0.25) is 0 Å². The molecule has 0 saturated carbocycles. The molecule has 9 heteroatoms. The maximum atomic E-state index is 13.6. The molecule has 3 atom stereocenters.